The van der Waals surface area contributed by atoms with E-state index in [0.29, 0.717) is 26.6 Å². The van der Waals surface area contributed by atoms with Gasteiger partial charge in [0.05, 0.1) is 18.9 Å². The SMILES string of the molecule is COc1cc(/C=N\NC(=O)c2ccc(Br)o2)ccc1OC(=O)c1ccc(Cl)cc1. The summed E-state index contributed by atoms with van der Waals surface area (Å²) in [6, 6.07) is 14.3. The number of rotatable bonds is 6. The topological polar surface area (TPSA) is 90.1 Å². The van der Waals surface area contributed by atoms with Gasteiger partial charge in [0, 0.05) is 5.02 Å². The molecule has 2 aromatic carbocycles. The van der Waals surface area contributed by atoms with E-state index >= 15 is 0 Å². The van der Waals surface area contributed by atoms with E-state index in [1.165, 1.54) is 19.4 Å². The van der Waals surface area contributed by atoms with Crippen molar-refractivity contribution in [3.8, 4) is 11.5 Å². The van der Waals surface area contributed by atoms with Gasteiger partial charge in [0.15, 0.2) is 21.9 Å². The summed E-state index contributed by atoms with van der Waals surface area (Å²) < 4.78 is 16.2. The first-order chi connectivity index (χ1) is 14.0. The Morgan fingerprint density at radius 2 is 1.86 bits per heavy atom. The highest BCUT2D eigenvalue weighted by Gasteiger charge is 2.13. The van der Waals surface area contributed by atoms with Gasteiger partial charge in [0.2, 0.25) is 0 Å². The third-order valence-electron chi connectivity index (χ3n) is 3.65. The number of carbonyl (C=O) groups excluding carboxylic acids is 2. The fourth-order valence-electron chi connectivity index (χ4n) is 2.25. The Balaban J connectivity index is 1.67. The number of nitrogens with zero attached hydrogens (tertiary/aromatic N) is 1. The number of furan rings is 1. The zero-order valence-corrected chi connectivity index (χ0v) is 17.4. The Labute approximate surface area is 179 Å². The zero-order chi connectivity index (χ0) is 20.8. The molecule has 148 valence electrons. The Hall–Kier alpha value is -3.10. The number of hydrazone groups is 1. The molecule has 0 unspecified atom stereocenters. The second kappa shape index (κ2) is 9.40. The second-order valence-electron chi connectivity index (χ2n) is 5.61. The molecule has 0 atom stereocenters. The highest BCUT2D eigenvalue weighted by molar-refractivity contribution is 9.10. The van der Waals surface area contributed by atoms with Crippen molar-refractivity contribution >= 4 is 45.6 Å². The molecule has 0 bridgehead atoms. The molecule has 3 aromatic rings. The largest absolute Gasteiger partial charge is 0.493 e. The molecule has 0 aliphatic heterocycles. The van der Waals surface area contributed by atoms with Crippen molar-refractivity contribution in [3.05, 3.63) is 81.2 Å². The summed E-state index contributed by atoms with van der Waals surface area (Å²) in [5.41, 5.74) is 3.33. The molecule has 9 heteroatoms. The minimum absolute atomic E-state index is 0.121. The highest BCUT2D eigenvalue weighted by Crippen LogP contribution is 2.28. The number of halogens is 2. The van der Waals surface area contributed by atoms with Gasteiger partial charge in [-0.3, -0.25) is 4.79 Å². The number of benzene rings is 2. The van der Waals surface area contributed by atoms with Crippen LogP contribution in [0.4, 0.5) is 0 Å². The monoisotopic (exact) mass is 476 g/mol. The van der Waals surface area contributed by atoms with Gasteiger partial charge in [-0.15, -0.1) is 0 Å². The summed E-state index contributed by atoms with van der Waals surface area (Å²) >= 11 is 8.94. The molecule has 29 heavy (non-hydrogen) atoms. The maximum absolute atomic E-state index is 12.3. The van der Waals surface area contributed by atoms with Crippen molar-refractivity contribution in [2.24, 2.45) is 5.10 Å². The van der Waals surface area contributed by atoms with Gasteiger partial charge in [0.1, 0.15) is 0 Å². The number of hydrogen-bond acceptors (Lipinski definition) is 6. The van der Waals surface area contributed by atoms with E-state index in [1.807, 2.05) is 0 Å². The van der Waals surface area contributed by atoms with E-state index in [-0.39, 0.29) is 11.5 Å². The van der Waals surface area contributed by atoms with Crippen LogP contribution in [-0.2, 0) is 0 Å². The molecular formula is C20H14BrClN2O5. The fraction of sp³-hybridized carbons (Fsp3) is 0.0500. The van der Waals surface area contributed by atoms with E-state index in [2.05, 4.69) is 26.5 Å². The summed E-state index contributed by atoms with van der Waals surface area (Å²) in [6.07, 6.45) is 1.42. The van der Waals surface area contributed by atoms with Crippen LogP contribution < -0.4 is 14.9 Å². The summed E-state index contributed by atoms with van der Waals surface area (Å²) in [7, 11) is 1.45. The van der Waals surface area contributed by atoms with Crippen LogP contribution in [0, 0.1) is 0 Å². The molecule has 0 spiro atoms. The molecule has 1 amide bonds. The predicted octanol–water partition coefficient (Wildman–Crippen LogP) is 4.69. The smallest absolute Gasteiger partial charge is 0.343 e. The van der Waals surface area contributed by atoms with Crippen LogP contribution in [0.5, 0.6) is 11.5 Å². The van der Waals surface area contributed by atoms with Crippen molar-refractivity contribution in [1.29, 1.82) is 0 Å². The minimum atomic E-state index is -0.543. The van der Waals surface area contributed by atoms with Crippen LogP contribution in [0.1, 0.15) is 26.5 Å². The molecule has 3 rings (SSSR count). The summed E-state index contributed by atoms with van der Waals surface area (Å²) in [5.74, 6) is -0.339. The molecule has 0 fully saturated rings. The molecule has 0 saturated carbocycles. The maximum Gasteiger partial charge on any atom is 0.343 e. The van der Waals surface area contributed by atoms with Crippen LogP contribution in [-0.4, -0.2) is 25.2 Å². The molecule has 0 radical (unpaired) electrons. The predicted molar refractivity (Wildman–Crippen MR) is 111 cm³/mol. The Morgan fingerprint density at radius 1 is 1.10 bits per heavy atom. The van der Waals surface area contributed by atoms with Crippen molar-refractivity contribution in [2.45, 2.75) is 0 Å². The zero-order valence-electron chi connectivity index (χ0n) is 15.0. The number of carbonyl (C=O) groups is 2. The Kier molecular flexibility index (Phi) is 6.69. The lowest BCUT2D eigenvalue weighted by atomic mass is 10.2. The average molecular weight is 478 g/mol. The normalized spacial score (nSPS) is 10.7. The summed E-state index contributed by atoms with van der Waals surface area (Å²) in [5, 5.41) is 4.40. The molecule has 7 nitrogen and oxygen atoms in total. The van der Waals surface area contributed by atoms with Gasteiger partial charge in [-0.1, -0.05) is 11.6 Å². The Morgan fingerprint density at radius 3 is 2.52 bits per heavy atom. The standard InChI is InChI=1S/C20H14BrClN2O5/c1-27-17-10-12(11-23-24-19(25)16-8-9-18(21)28-16)2-7-15(17)29-20(26)13-3-5-14(22)6-4-13/h2-11H,1H3,(H,24,25)/b23-11-. The highest BCUT2D eigenvalue weighted by atomic mass is 79.9. The van der Waals surface area contributed by atoms with Crippen molar-refractivity contribution in [3.63, 3.8) is 0 Å². The van der Waals surface area contributed by atoms with Crippen LogP contribution in [0.3, 0.4) is 0 Å². The van der Waals surface area contributed by atoms with Crippen LogP contribution in [0.25, 0.3) is 0 Å². The maximum atomic E-state index is 12.3. The van der Waals surface area contributed by atoms with Crippen molar-refractivity contribution in [1.82, 2.24) is 5.43 Å². The van der Waals surface area contributed by atoms with Gasteiger partial charge in [-0.05, 0) is 76.1 Å². The number of nitrogens with one attached hydrogen (secondary N) is 1. The van der Waals surface area contributed by atoms with E-state index in [0.717, 1.165) is 0 Å². The van der Waals surface area contributed by atoms with Gasteiger partial charge >= 0.3 is 11.9 Å². The molecule has 1 heterocycles. The minimum Gasteiger partial charge on any atom is -0.493 e. The lowest BCUT2D eigenvalue weighted by molar-refractivity contribution is 0.0729. The van der Waals surface area contributed by atoms with Gasteiger partial charge in [0.25, 0.3) is 0 Å². The van der Waals surface area contributed by atoms with Crippen LogP contribution in [0.2, 0.25) is 5.02 Å². The van der Waals surface area contributed by atoms with Gasteiger partial charge in [-0.25, -0.2) is 10.2 Å². The van der Waals surface area contributed by atoms with Crippen molar-refractivity contribution in [2.75, 3.05) is 7.11 Å². The number of hydrogen-bond donors (Lipinski definition) is 1. The number of methoxy groups -OCH3 is 1. The van der Waals surface area contributed by atoms with Gasteiger partial charge in [-0.2, -0.15) is 5.10 Å². The summed E-state index contributed by atoms with van der Waals surface area (Å²) in [6.45, 7) is 0. The molecule has 0 saturated heterocycles. The molecule has 1 N–H and O–H groups in total. The first kappa shape index (κ1) is 20.6. The molecule has 0 aliphatic rings. The first-order valence-electron chi connectivity index (χ1n) is 8.21. The lowest BCUT2D eigenvalue weighted by Gasteiger charge is -2.10. The van der Waals surface area contributed by atoms with Gasteiger partial charge < -0.3 is 13.9 Å². The van der Waals surface area contributed by atoms with E-state index in [1.54, 1.807) is 48.5 Å². The number of esters is 1. The van der Waals surface area contributed by atoms with E-state index < -0.39 is 11.9 Å². The summed E-state index contributed by atoms with van der Waals surface area (Å²) in [4.78, 5) is 24.1. The van der Waals surface area contributed by atoms with E-state index in [9.17, 15) is 9.59 Å². The molecule has 0 aliphatic carbocycles. The molecule has 1 aromatic heterocycles. The van der Waals surface area contributed by atoms with Crippen LogP contribution in [0.15, 0.2) is 68.8 Å². The average Bonchev–Trinajstić information content (AvgIpc) is 3.15. The third-order valence-corrected chi connectivity index (χ3v) is 4.33. The van der Waals surface area contributed by atoms with E-state index in [4.69, 9.17) is 25.5 Å². The number of ether oxygens (including phenoxy) is 2. The fourth-order valence-corrected chi connectivity index (χ4v) is 2.68. The quantitative estimate of drug-likeness (QED) is 0.241. The Bertz CT molecular complexity index is 1060. The van der Waals surface area contributed by atoms with Crippen molar-refractivity contribution < 1.29 is 23.5 Å². The van der Waals surface area contributed by atoms with Crippen LogP contribution >= 0.6 is 27.5 Å². The first-order valence-corrected chi connectivity index (χ1v) is 9.38. The third kappa shape index (κ3) is 5.46. The molecular weight excluding hydrogens is 464 g/mol. The number of amides is 1. The second-order valence-corrected chi connectivity index (χ2v) is 6.83. The lowest BCUT2D eigenvalue weighted by Crippen LogP contribution is -2.16.